The highest BCUT2D eigenvalue weighted by Gasteiger charge is 2.13. The van der Waals surface area contributed by atoms with Crippen molar-refractivity contribution in [3.8, 4) is 22.4 Å². The van der Waals surface area contributed by atoms with Gasteiger partial charge in [-0.05, 0) is 72.1 Å². The fourth-order valence-corrected chi connectivity index (χ4v) is 4.66. The fraction of sp³-hybridized carbons (Fsp3) is 0.107. The minimum atomic E-state index is -0.232. The SMILES string of the molecule is CC(=O)Nc1ccc(CNc2cnc(-c3ccc(F)c(C)c3)c(-c3ccc4ncsc4c3)c2)cc1. The lowest BCUT2D eigenvalue weighted by Gasteiger charge is -2.14. The van der Waals surface area contributed by atoms with Crippen LogP contribution < -0.4 is 10.6 Å². The predicted molar refractivity (Wildman–Crippen MR) is 141 cm³/mol. The molecule has 7 heteroatoms. The molecule has 5 nitrogen and oxygen atoms in total. The predicted octanol–water partition coefficient (Wildman–Crippen LogP) is 7.04. The van der Waals surface area contributed by atoms with Crippen LogP contribution in [-0.2, 0) is 11.3 Å². The molecule has 2 heterocycles. The Hall–Kier alpha value is -4.10. The van der Waals surface area contributed by atoms with Crippen molar-refractivity contribution in [2.45, 2.75) is 20.4 Å². The average Bonchev–Trinajstić information content (AvgIpc) is 3.33. The maximum atomic E-state index is 13.9. The number of carbonyl (C=O) groups is 1. The standard InChI is InChI=1S/C28H23FN4OS/c1-17-11-21(5-9-25(17)29)28-24(20-6-10-26-27(12-20)35-16-32-26)13-23(15-31-28)30-14-19-3-7-22(8-4-19)33-18(2)34/h3-13,15-16,30H,14H2,1-2H3,(H,33,34). The summed E-state index contributed by atoms with van der Waals surface area (Å²) in [5.41, 5.74) is 9.73. The molecule has 5 aromatic rings. The van der Waals surface area contributed by atoms with Crippen LogP contribution in [0.3, 0.4) is 0 Å². The first kappa shape index (κ1) is 22.7. The molecule has 0 atom stereocenters. The number of carbonyl (C=O) groups excluding carboxylic acids is 1. The first-order chi connectivity index (χ1) is 17.0. The van der Waals surface area contributed by atoms with Crippen molar-refractivity contribution in [3.05, 3.63) is 95.4 Å². The Morgan fingerprint density at radius 2 is 1.74 bits per heavy atom. The molecule has 35 heavy (non-hydrogen) atoms. The highest BCUT2D eigenvalue weighted by molar-refractivity contribution is 7.16. The fourth-order valence-electron chi connectivity index (χ4n) is 3.94. The first-order valence-electron chi connectivity index (χ1n) is 11.2. The molecular formula is C28H23FN4OS. The zero-order chi connectivity index (χ0) is 24.4. The normalized spacial score (nSPS) is 10.9. The summed E-state index contributed by atoms with van der Waals surface area (Å²) in [6.07, 6.45) is 1.80. The second-order valence-electron chi connectivity index (χ2n) is 8.35. The summed E-state index contributed by atoms with van der Waals surface area (Å²) in [4.78, 5) is 20.4. The van der Waals surface area contributed by atoms with Gasteiger partial charge in [-0.2, -0.15) is 0 Å². The molecule has 0 fully saturated rings. The van der Waals surface area contributed by atoms with Gasteiger partial charge < -0.3 is 10.6 Å². The number of halogens is 1. The Morgan fingerprint density at radius 3 is 2.51 bits per heavy atom. The molecule has 0 saturated carbocycles. The average molecular weight is 483 g/mol. The van der Waals surface area contributed by atoms with Crippen LogP contribution in [0.25, 0.3) is 32.6 Å². The molecule has 1 amide bonds. The zero-order valence-electron chi connectivity index (χ0n) is 19.3. The number of aromatic nitrogens is 2. The van der Waals surface area contributed by atoms with Crippen LogP contribution in [0.4, 0.5) is 15.8 Å². The van der Waals surface area contributed by atoms with Gasteiger partial charge in [0.05, 0.1) is 33.3 Å². The summed E-state index contributed by atoms with van der Waals surface area (Å²) < 4.78 is 15.0. The molecule has 5 rings (SSSR count). The van der Waals surface area contributed by atoms with E-state index in [1.807, 2.05) is 48.0 Å². The van der Waals surface area contributed by atoms with E-state index in [0.29, 0.717) is 12.1 Å². The third kappa shape index (κ3) is 5.05. The first-order valence-corrected chi connectivity index (χ1v) is 12.0. The zero-order valence-corrected chi connectivity index (χ0v) is 20.1. The number of thiazole rings is 1. The number of aryl methyl sites for hydroxylation is 1. The number of hydrogen-bond donors (Lipinski definition) is 2. The quantitative estimate of drug-likeness (QED) is 0.272. The van der Waals surface area contributed by atoms with E-state index in [0.717, 1.165) is 49.5 Å². The van der Waals surface area contributed by atoms with E-state index in [9.17, 15) is 9.18 Å². The smallest absolute Gasteiger partial charge is 0.221 e. The maximum Gasteiger partial charge on any atom is 0.221 e. The lowest BCUT2D eigenvalue weighted by molar-refractivity contribution is -0.114. The van der Waals surface area contributed by atoms with Crippen molar-refractivity contribution in [2.75, 3.05) is 10.6 Å². The summed E-state index contributed by atoms with van der Waals surface area (Å²) in [5.74, 6) is -0.327. The Morgan fingerprint density at radius 1 is 0.943 bits per heavy atom. The minimum absolute atomic E-state index is 0.0950. The maximum absolute atomic E-state index is 13.9. The highest BCUT2D eigenvalue weighted by Crippen LogP contribution is 2.35. The van der Waals surface area contributed by atoms with Gasteiger partial charge >= 0.3 is 0 Å². The molecule has 174 valence electrons. The van der Waals surface area contributed by atoms with Crippen LogP contribution >= 0.6 is 11.3 Å². The molecule has 0 spiro atoms. The number of fused-ring (bicyclic) bond motifs is 1. The Bertz CT molecular complexity index is 1530. The van der Waals surface area contributed by atoms with Crippen LogP contribution in [0, 0.1) is 12.7 Å². The molecule has 0 aliphatic heterocycles. The van der Waals surface area contributed by atoms with Crippen LogP contribution in [-0.4, -0.2) is 15.9 Å². The molecule has 2 aromatic heterocycles. The van der Waals surface area contributed by atoms with Gasteiger partial charge in [-0.3, -0.25) is 9.78 Å². The summed E-state index contributed by atoms with van der Waals surface area (Å²) in [5, 5.41) is 6.22. The van der Waals surface area contributed by atoms with E-state index in [1.165, 1.54) is 13.0 Å². The number of pyridine rings is 1. The number of amides is 1. The lowest BCUT2D eigenvalue weighted by atomic mass is 9.97. The van der Waals surface area contributed by atoms with Crippen molar-refractivity contribution in [1.82, 2.24) is 9.97 Å². The van der Waals surface area contributed by atoms with Crippen molar-refractivity contribution < 1.29 is 9.18 Å². The van der Waals surface area contributed by atoms with E-state index >= 15 is 0 Å². The van der Waals surface area contributed by atoms with Gasteiger partial charge in [0.1, 0.15) is 5.82 Å². The van der Waals surface area contributed by atoms with Gasteiger partial charge in [-0.1, -0.05) is 18.2 Å². The summed E-state index contributed by atoms with van der Waals surface area (Å²) in [6, 6.07) is 21.0. The van der Waals surface area contributed by atoms with E-state index in [1.54, 1.807) is 30.5 Å². The molecule has 0 bridgehead atoms. The van der Waals surface area contributed by atoms with Gasteiger partial charge in [0.15, 0.2) is 0 Å². The number of nitrogens with one attached hydrogen (secondary N) is 2. The molecule has 0 unspecified atom stereocenters. The number of nitrogens with zero attached hydrogens (tertiary/aromatic N) is 2. The van der Waals surface area contributed by atoms with Gasteiger partial charge in [0, 0.05) is 30.3 Å². The minimum Gasteiger partial charge on any atom is -0.380 e. The molecule has 2 N–H and O–H groups in total. The molecule has 0 aliphatic carbocycles. The second kappa shape index (κ2) is 9.64. The topological polar surface area (TPSA) is 66.9 Å². The summed E-state index contributed by atoms with van der Waals surface area (Å²) >= 11 is 1.60. The molecule has 0 saturated heterocycles. The van der Waals surface area contributed by atoms with E-state index in [4.69, 9.17) is 4.98 Å². The van der Waals surface area contributed by atoms with E-state index < -0.39 is 0 Å². The molecule has 0 aliphatic rings. The van der Waals surface area contributed by atoms with Crippen LogP contribution in [0.2, 0.25) is 0 Å². The Labute approximate surface area is 206 Å². The van der Waals surface area contributed by atoms with E-state index in [2.05, 4.69) is 27.8 Å². The van der Waals surface area contributed by atoms with Crippen LogP contribution in [0.5, 0.6) is 0 Å². The Kier molecular flexibility index (Phi) is 6.25. The van der Waals surface area contributed by atoms with Crippen LogP contribution in [0.15, 0.2) is 78.4 Å². The van der Waals surface area contributed by atoms with Gasteiger partial charge in [0.25, 0.3) is 0 Å². The molecule has 3 aromatic carbocycles. The van der Waals surface area contributed by atoms with E-state index in [-0.39, 0.29) is 11.7 Å². The highest BCUT2D eigenvalue weighted by atomic mass is 32.1. The third-order valence-corrected chi connectivity index (χ3v) is 6.52. The van der Waals surface area contributed by atoms with Crippen molar-refractivity contribution in [2.24, 2.45) is 0 Å². The molecular weight excluding hydrogens is 459 g/mol. The number of anilines is 2. The van der Waals surface area contributed by atoms with Gasteiger partial charge in [-0.25, -0.2) is 9.37 Å². The summed E-state index contributed by atoms with van der Waals surface area (Å²) in [7, 11) is 0. The van der Waals surface area contributed by atoms with Gasteiger partial charge in [0.2, 0.25) is 5.91 Å². The lowest BCUT2D eigenvalue weighted by Crippen LogP contribution is -2.06. The number of rotatable bonds is 6. The number of benzene rings is 3. The number of hydrogen-bond acceptors (Lipinski definition) is 5. The van der Waals surface area contributed by atoms with Crippen molar-refractivity contribution in [1.29, 1.82) is 0 Å². The van der Waals surface area contributed by atoms with Gasteiger partial charge in [-0.15, -0.1) is 11.3 Å². The third-order valence-electron chi connectivity index (χ3n) is 5.73. The van der Waals surface area contributed by atoms with Crippen molar-refractivity contribution in [3.63, 3.8) is 0 Å². The Balaban J connectivity index is 1.48. The summed E-state index contributed by atoms with van der Waals surface area (Å²) in [6.45, 7) is 3.85. The second-order valence-corrected chi connectivity index (χ2v) is 9.24. The van der Waals surface area contributed by atoms with Crippen LogP contribution in [0.1, 0.15) is 18.1 Å². The molecule has 0 radical (unpaired) electrons. The largest absolute Gasteiger partial charge is 0.380 e. The monoisotopic (exact) mass is 482 g/mol. The van der Waals surface area contributed by atoms with Crippen molar-refractivity contribution >= 4 is 38.8 Å².